The number of carbonyl (C=O) groups excluding carboxylic acids is 2. The Bertz CT molecular complexity index is 980. The molecule has 0 fully saturated rings. The molecule has 150 valence electrons. The first-order valence-electron chi connectivity index (χ1n) is 8.55. The number of rotatable bonds is 7. The summed E-state index contributed by atoms with van der Waals surface area (Å²) in [5.74, 6) is -0.382. The third-order valence-corrected chi connectivity index (χ3v) is 4.73. The highest BCUT2D eigenvalue weighted by Gasteiger charge is 2.13. The van der Waals surface area contributed by atoms with E-state index in [-0.39, 0.29) is 12.3 Å². The number of para-hydroxylation sites is 2. The van der Waals surface area contributed by atoms with Gasteiger partial charge >= 0.3 is 12.6 Å². The average Bonchev–Trinajstić information content (AvgIpc) is 3.16. The second-order valence-electron chi connectivity index (χ2n) is 5.78. The lowest BCUT2D eigenvalue weighted by molar-refractivity contribution is -0.0504. The number of hydrogen-bond acceptors (Lipinski definition) is 4. The molecule has 0 unspecified atom stereocenters. The summed E-state index contributed by atoms with van der Waals surface area (Å²) in [5.41, 5.74) is 1.07. The molecular formula is C20H17F2N3O3S. The first kappa shape index (κ1) is 20.3. The average molecular weight is 417 g/mol. The van der Waals surface area contributed by atoms with Crippen molar-refractivity contribution in [2.45, 2.75) is 13.2 Å². The van der Waals surface area contributed by atoms with Crippen LogP contribution < -0.4 is 20.7 Å². The second kappa shape index (κ2) is 9.65. The third-order valence-electron chi connectivity index (χ3n) is 3.73. The van der Waals surface area contributed by atoms with E-state index in [1.807, 2.05) is 6.07 Å². The summed E-state index contributed by atoms with van der Waals surface area (Å²) in [6, 6.07) is 17.9. The molecule has 0 saturated carbocycles. The zero-order chi connectivity index (χ0) is 20.6. The van der Waals surface area contributed by atoms with Gasteiger partial charge in [-0.2, -0.15) is 8.78 Å². The fraction of sp³-hybridized carbons (Fsp3) is 0.100. The van der Waals surface area contributed by atoms with Crippen LogP contribution >= 0.6 is 11.3 Å². The van der Waals surface area contributed by atoms with Crippen molar-refractivity contribution in [2.24, 2.45) is 0 Å². The Morgan fingerprint density at radius 1 is 0.931 bits per heavy atom. The summed E-state index contributed by atoms with van der Waals surface area (Å²) >= 11 is 1.09. The predicted molar refractivity (Wildman–Crippen MR) is 108 cm³/mol. The van der Waals surface area contributed by atoms with Crippen molar-refractivity contribution < 1.29 is 23.1 Å². The molecule has 0 aliphatic heterocycles. The van der Waals surface area contributed by atoms with Crippen LogP contribution in [0.15, 0.2) is 66.7 Å². The van der Waals surface area contributed by atoms with Gasteiger partial charge in [-0.25, -0.2) is 4.79 Å². The molecule has 6 nitrogen and oxygen atoms in total. The molecule has 9 heteroatoms. The first-order chi connectivity index (χ1) is 14.0. The van der Waals surface area contributed by atoms with Crippen LogP contribution in [-0.4, -0.2) is 18.5 Å². The second-order valence-corrected chi connectivity index (χ2v) is 6.86. The maximum absolute atomic E-state index is 12.5. The number of anilines is 2. The molecule has 3 rings (SSSR count). The van der Waals surface area contributed by atoms with Gasteiger partial charge in [0.1, 0.15) is 5.75 Å². The number of benzene rings is 2. The molecule has 0 aliphatic rings. The zero-order valence-electron chi connectivity index (χ0n) is 15.0. The van der Waals surface area contributed by atoms with E-state index >= 15 is 0 Å². The summed E-state index contributed by atoms with van der Waals surface area (Å²) in [6.07, 6.45) is 0. The lowest BCUT2D eigenvalue weighted by Gasteiger charge is -2.11. The van der Waals surface area contributed by atoms with E-state index in [1.54, 1.807) is 54.6 Å². The fourth-order valence-corrected chi connectivity index (χ4v) is 3.26. The number of alkyl halides is 2. The van der Waals surface area contributed by atoms with Gasteiger partial charge in [0.2, 0.25) is 0 Å². The van der Waals surface area contributed by atoms with Crippen LogP contribution in [0.5, 0.6) is 5.75 Å². The predicted octanol–water partition coefficient (Wildman–Crippen LogP) is 4.92. The molecule has 0 spiro atoms. The van der Waals surface area contributed by atoms with Gasteiger partial charge < -0.3 is 15.4 Å². The van der Waals surface area contributed by atoms with Crippen molar-refractivity contribution in [1.29, 1.82) is 0 Å². The van der Waals surface area contributed by atoms with Crippen molar-refractivity contribution in [3.63, 3.8) is 0 Å². The first-order valence-corrected chi connectivity index (χ1v) is 9.37. The van der Waals surface area contributed by atoms with E-state index < -0.39 is 18.5 Å². The Kier molecular flexibility index (Phi) is 6.75. The van der Waals surface area contributed by atoms with Crippen LogP contribution in [0.3, 0.4) is 0 Å². The quantitative estimate of drug-likeness (QED) is 0.510. The van der Waals surface area contributed by atoms with E-state index in [2.05, 4.69) is 20.7 Å². The molecule has 3 amide bonds. The van der Waals surface area contributed by atoms with Crippen molar-refractivity contribution in [2.75, 3.05) is 10.6 Å². The lowest BCUT2D eigenvalue weighted by atomic mass is 10.2. The van der Waals surface area contributed by atoms with Gasteiger partial charge in [-0.15, -0.1) is 11.3 Å². The third kappa shape index (κ3) is 6.01. The molecule has 0 aliphatic carbocycles. The highest BCUT2D eigenvalue weighted by molar-refractivity contribution is 7.18. The Hall–Kier alpha value is -3.46. The smallest absolute Gasteiger partial charge is 0.387 e. The number of hydrogen-bond donors (Lipinski definition) is 3. The van der Waals surface area contributed by atoms with Gasteiger partial charge in [-0.3, -0.25) is 10.1 Å². The van der Waals surface area contributed by atoms with Crippen LogP contribution in [0.2, 0.25) is 0 Å². The van der Waals surface area contributed by atoms with Crippen molar-refractivity contribution in [1.82, 2.24) is 5.32 Å². The number of carbonyl (C=O) groups is 2. The summed E-state index contributed by atoms with van der Waals surface area (Å²) in [4.78, 5) is 24.7. The Morgan fingerprint density at radius 2 is 1.66 bits per heavy atom. The number of nitrogens with one attached hydrogen (secondary N) is 3. The number of thiophene rings is 1. The summed E-state index contributed by atoms with van der Waals surface area (Å²) in [7, 11) is 0. The highest BCUT2D eigenvalue weighted by atomic mass is 32.1. The van der Waals surface area contributed by atoms with Gasteiger partial charge in [0.15, 0.2) is 0 Å². The summed E-state index contributed by atoms with van der Waals surface area (Å²) in [5, 5.41) is 8.48. The van der Waals surface area contributed by atoms with Gasteiger partial charge in [0, 0.05) is 17.8 Å². The van der Waals surface area contributed by atoms with E-state index in [4.69, 9.17) is 0 Å². The van der Waals surface area contributed by atoms with E-state index in [0.29, 0.717) is 21.1 Å². The molecule has 0 saturated heterocycles. The number of ether oxygens (including phenoxy) is 1. The van der Waals surface area contributed by atoms with Gasteiger partial charge in [-0.1, -0.05) is 36.4 Å². The van der Waals surface area contributed by atoms with E-state index in [9.17, 15) is 18.4 Å². The largest absolute Gasteiger partial charge is 0.434 e. The van der Waals surface area contributed by atoms with Crippen molar-refractivity contribution in [3.05, 3.63) is 77.2 Å². The van der Waals surface area contributed by atoms with E-state index in [0.717, 1.165) is 11.3 Å². The van der Waals surface area contributed by atoms with Gasteiger partial charge in [0.25, 0.3) is 5.91 Å². The molecular weight excluding hydrogens is 400 g/mol. The Labute approximate surface area is 169 Å². The maximum atomic E-state index is 12.5. The minimum atomic E-state index is -2.94. The molecule has 1 heterocycles. The maximum Gasteiger partial charge on any atom is 0.387 e. The lowest BCUT2D eigenvalue weighted by Crippen LogP contribution is -2.22. The standard InChI is InChI=1S/C20H17F2N3O3S/c21-19(22)28-15-9-5-4-6-13(15)12-23-18(26)16-10-11-17(29-16)25-20(27)24-14-7-2-1-3-8-14/h1-11,19H,12H2,(H,23,26)(H2,24,25,27). The Morgan fingerprint density at radius 3 is 2.41 bits per heavy atom. The van der Waals surface area contributed by atoms with Crippen molar-refractivity contribution in [3.8, 4) is 5.75 Å². The molecule has 2 aromatic carbocycles. The van der Waals surface area contributed by atoms with Gasteiger partial charge in [0.05, 0.1) is 9.88 Å². The molecule has 0 radical (unpaired) electrons. The molecule has 1 aromatic heterocycles. The van der Waals surface area contributed by atoms with Crippen LogP contribution in [0.4, 0.5) is 24.3 Å². The highest BCUT2D eigenvalue weighted by Crippen LogP contribution is 2.23. The topological polar surface area (TPSA) is 79.5 Å². The minimum Gasteiger partial charge on any atom is -0.434 e. The normalized spacial score (nSPS) is 10.4. The number of urea groups is 1. The van der Waals surface area contributed by atoms with Gasteiger partial charge in [-0.05, 0) is 30.3 Å². The van der Waals surface area contributed by atoms with Crippen molar-refractivity contribution >= 4 is 34.0 Å². The SMILES string of the molecule is O=C(Nc1ccccc1)Nc1ccc(C(=O)NCc2ccccc2OC(F)F)s1. The van der Waals surface area contributed by atoms with Crippen LogP contribution in [0, 0.1) is 0 Å². The molecule has 3 aromatic rings. The monoisotopic (exact) mass is 417 g/mol. The van der Waals surface area contributed by atoms with Crippen LogP contribution in [0.1, 0.15) is 15.2 Å². The molecule has 0 atom stereocenters. The molecule has 0 bridgehead atoms. The Balaban J connectivity index is 1.55. The molecule has 3 N–H and O–H groups in total. The van der Waals surface area contributed by atoms with Crippen LogP contribution in [-0.2, 0) is 6.54 Å². The minimum absolute atomic E-state index is 0.00826. The van der Waals surface area contributed by atoms with Crippen LogP contribution in [0.25, 0.3) is 0 Å². The van der Waals surface area contributed by atoms with E-state index in [1.165, 1.54) is 6.07 Å². The fourth-order valence-electron chi connectivity index (χ4n) is 2.45. The zero-order valence-corrected chi connectivity index (χ0v) is 15.8. The summed E-state index contributed by atoms with van der Waals surface area (Å²) in [6.45, 7) is -2.92. The summed E-state index contributed by atoms with van der Waals surface area (Å²) < 4.78 is 29.4. The molecule has 29 heavy (non-hydrogen) atoms. The number of halogens is 2. The number of amides is 3.